The molecule has 2 saturated heterocycles. The fourth-order valence-corrected chi connectivity index (χ4v) is 1.96. The summed E-state index contributed by atoms with van der Waals surface area (Å²) in [7, 11) is -1.10. The number of hydrogen-bond acceptors (Lipinski definition) is 6. The second kappa shape index (κ2) is 8.36. The first-order valence-corrected chi connectivity index (χ1v) is 7.41. The van der Waals surface area contributed by atoms with E-state index in [2.05, 4.69) is 0 Å². The zero-order valence-electron chi connectivity index (χ0n) is 12.6. The van der Waals surface area contributed by atoms with Gasteiger partial charge in [0, 0.05) is 38.6 Å². The summed E-state index contributed by atoms with van der Waals surface area (Å²) in [5.74, 6) is 0.212. The van der Waals surface area contributed by atoms with E-state index in [1.54, 1.807) is 0 Å². The van der Waals surface area contributed by atoms with Crippen LogP contribution in [-0.4, -0.2) is 53.3 Å². The van der Waals surface area contributed by atoms with Gasteiger partial charge >= 0.3 is 14.6 Å². The lowest BCUT2D eigenvalue weighted by Crippen LogP contribution is -2.40. The molecule has 6 nitrogen and oxygen atoms in total. The molecule has 2 atom stereocenters. The first kappa shape index (κ1) is 16.3. The minimum absolute atomic E-state index is 0.186. The quantitative estimate of drug-likeness (QED) is 0.685. The van der Waals surface area contributed by atoms with Crippen molar-refractivity contribution in [2.24, 2.45) is 5.92 Å². The van der Waals surface area contributed by atoms with E-state index in [0.29, 0.717) is 26.4 Å². The highest BCUT2D eigenvalue weighted by Gasteiger charge is 2.31. The van der Waals surface area contributed by atoms with Crippen LogP contribution in [0.2, 0.25) is 0 Å². The van der Waals surface area contributed by atoms with Crippen molar-refractivity contribution >= 4 is 14.6 Å². The molecule has 20 heavy (non-hydrogen) atoms. The van der Waals surface area contributed by atoms with Crippen LogP contribution in [0.1, 0.15) is 33.6 Å². The standard InChI is InChI=1S/C12H24B2O6/c1-10(8-17-13-15-6-4-11(2)19-13)9-18-14-16-7-5-12(3)20-14/h10-12H,4-9H2,1-3H3. The number of rotatable bonds is 6. The molecule has 0 amide bonds. The molecule has 0 saturated carbocycles. The Balaban J connectivity index is 1.56. The van der Waals surface area contributed by atoms with Gasteiger partial charge in [0.05, 0.1) is 0 Å². The highest BCUT2D eigenvalue weighted by Crippen LogP contribution is 2.13. The Kier molecular flexibility index (Phi) is 6.80. The molecule has 0 aromatic heterocycles. The van der Waals surface area contributed by atoms with Crippen molar-refractivity contribution in [2.45, 2.75) is 45.8 Å². The molecule has 8 heteroatoms. The molecule has 0 aliphatic carbocycles. The maximum atomic E-state index is 5.57. The summed E-state index contributed by atoms with van der Waals surface area (Å²) in [4.78, 5) is 0. The van der Waals surface area contributed by atoms with Crippen molar-refractivity contribution in [3.05, 3.63) is 0 Å². The minimum Gasteiger partial charge on any atom is -0.386 e. The van der Waals surface area contributed by atoms with Crippen LogP contribution in [0.25, 0.3) is 0 Å². The van der Waals surface area contributed by atoms with Crippen LogP contribution >= 0.6 is 0 Å². The fourth-order valence-electron chi connectivity index (χ4n) is 1.96. The molecule has 0 aromatic rings. The molecule has 2 aliphatic rings. The lowest BCUT2D eigenvalue weighted by molar-refractivity contribution is -0.00651. The van der Waals surface area contributed by atoms with Gasteiger partial charge in [0.25, 0.3) is 0 Å². The Morgan fingerprint density at radius 1 is 0.950 bits per heavy atom. The third-order valence-corrected chi connectivity index (χ3v) is 3.28. The smallest absolute Gasteiger partial charge is 0.386 e. The van der Waals surface area contributed by atoms with Crippen molar-refractivity contribution in [3.63, 3.8) is 0 Å². The maximum absolute atomic E-state index is 5.57. The van der Waals surface area contributed by atoms with E-state index >= 15 is 0 Å². The molecular weight excluding hydrogens is 262 g/mol. The van der Waals surface area contributed by atoms with Gasteiger partial charge in [0.2, 0.25) is 0 Å². The van der Waals surface area contributed by atoms with Gasteiger partial charge in [-0.15, -0.1) is 0 Å². The normalized spacial score (nSPS) is 29.6. The zero-order chi connectivity index (χ0) is 14.4. The first-order valence-electron chi connectivity index (χ1n) is 7.41. The van der Waals surface area contributed by atoms with Crippen molar-refractivity contribution in [1.29, 1.82) is 0 Å². The van der Waals surface area contributed by atoms with Crippen LogP contribution in [0.3, 0.4) is 0 Å². The van der Waals surface area contributed by atoms with E-state index in [1.807, 2.05) is 20.8 Å². The average molecular weight is 286 g/mol. The van der Waals surface area contributed by atoms with Gasteiger partial charge in [-0.3, -0.25) is 0 Å². The predicted octanol–water partition coefficient (Wildman–Crippen LogP) is 1.28. The van der Waals surface area contributed by atoms with Gasteiger partial charge in [-0.2, -0.15) is 0 Å². The SMILES string of the molecule is CC(COB1OCCC(C)O1)COB1OCCC(C)O1. The van der Waals surface area contributed by atoms with E-state index < -0.39 is 14.6 Å². The van der Waals surface area contributed by atoms with Crippen LogP contribution in [0.4, 0.5) is 0 Å². The van der Waals surface area contributed by atoms with E-state index in [0.717, 1.165) is 12.8 Å². The molecule has 0 spiro atoms. The summed E-state index contributed by atoms with van der Waals surface area (Å²) in [6, 6.07) is 0. The Bertz CT molecular complexity index is 257. The van der Waals surface area contributed by atoms with E-state index in [9.17, 15) is 0 Å². The molecule has 0 N–H and O–H groups in total. The van der Waals surface area contributed by atoms with Crippen LogP contribution in [-0.2, 0) is 27.9 Å². The largest absolute Gasteiger partial charge is 0.639 e. The van der Waals surface area contributed by atoms with Gasteiger partial charge < -0.3 is 27.9 Å². The summed E-state index contributed by atoms with van der Waals surface area (Å²) >= 11 is 0. The van der Waals surface area contributed by atoms with Crippen LogP contribution < -0.4 is 0 Å². The van der Waals surface area contributed by atoms with E-state index in [-0.39, 0.29) is 18.1 Å². The lowest BCUT2D eigenvalue weighted by Gasteiger charge is -2.27. The minimum atomic E-state index is -0.552. The van der Waals surface area contributed by atoms with Gasteiger partial charge in [-0.1, -0.05) is 6.92 Å². The Hall–Kier alpha value is -0.110. The van der Waals surface area contributed by atoms with Gasteiger partial charge in [-0.05, 0) is 32.6 Å². The molecule has 0 radical (unpaired) electrons. The molecule has 2 rings (SSSR count). The molecule has 114 valence electrons. The van der Waals surface area contributed by atoms with Crippen LogP contribution in [0.5, 0.6) is 0 Å². The summed E-state index contributed by atoms with van der Waals surface area (Å²) in [6.07, 6.45) is 2.19. The van der Waals surface area contributed by atoms with Gasteiger partial charge in [-0.25, -0.2) is 0 Å². The van der Waals surface area contributed by atoms with Crippen molar-refractivity contribution in [1.82, 2.24) is 0 Å². The monoisotopic (exact) mass is 286 g/mol. The molecule has 2 aliphatic heterocycles. The maximum Gasteiger partial charge on any atom is 0.639 e. The van der Waals surface area contributed by atoms with Gasteiger partial charge in [0.15, 0.2) is 0 Å². The van der Waals surface area contributed by atoms with E-state index in [4.69, 9.17) is 27.9 Å². The molecule has 2 unspecified atom stereocenters. The molecule has 0 bridgehead atoms. The average Bonchev–Trinajstić information content (AvgIpc) is 2.43. The predicted molar refractivity (Wildman–Crippen MR) is 74.8 cm³/mol. The third kappa shape index (κ3) is 5.71. The first-order chi connectivity index (χ1) is 9.63. The highest BCUT2D eigenvalue weighted by molar-refractivity contribution is 6.37. The lowest BCUT2D eigenvalue weighted by atomic mass is 10.1. The Labute approximate surface area is 121 Å². The summed E-state index contributed by atoms with van der Waals surface area (Å²) < 4.78 is 32.9. The second-order valence-corrected chi connectivity index (χ2v) is 5.56. The molecular formula is C12H24B2O6. The third-order valence-electron chi connectivity index (χ3n) is 3.28. The summed E-state index contributed by atoms with van der Waals surface area (Å²) in [5, 5.41) is 0. The van der Waals surface area contributed by atoms with Crippen molar-refractivity contribution in [3.8, 4) is 0 Å². The van der Waals surface area contributed by atoms with Crippen molar-refractivity contribution < 1.29 is 27.9 Å². The van der Waals surface area contributed by atoms with Crippen molar-refractivity contribution in [2.75, 3.05) is 26.4 Å². The van der Waals surface area contributed by atoms with E-state index in [1.165, 1.54) is 0 Å². The van der Waals surface area contributed by atoms with Crippen LogP contribution in [0, 0.1) is 5.92 Å². The zero-order valence-corrected chi connectivity index (χ0v) is 12.6. The van der Waals surface area contributed by atoms with Gasteiger partial charge in [0.1, 0.15) is 0 Å². The Morgan fingerprint density at radius 3 is 1.80 bits per heavy atom. The summed E-state index contributed by atoms with van der Waals surface area (Å²) in [6.45, 7) is 8.46. The molecule has 2 fully saturated rings. The highest BCUT2D eigenvalue weighted by atomic mass is 16.8. The number of hydrogen-bond donors (Lipinski definition) is 0. The van der Waals surface area contributed by atoms with Crippen LogP contribution in [0.15, 0.2) is 0 Å². The topological polar surface area (TPSA) is 55.4 Å². The second-order valence-electron chi connectivity index (χ2n) is 5.56. The Morgan fingerprint density at radius 2 is 1.40 bits per heavy atom. The molecule has 0 aromatic carbocycles. The molecule has 2 heterocycles. The fraction of sp³-hybridized carbons (Fsp3) is 1.00. The summed E-state index contributed by atoms with van der Waals surface area (Å²) in [5.41, 5.74) is 0.